The number of methoxy groups -OCH3 is 1. The maximum atomic E-state index is 9.33. The van der Waals surface area contributed by atoms with Gasteiger partial charge in [0, 0.05) is 43.9 Å². The molecule has 0 unspecified atom stereocenters. The van der Waals surface area contributed by atoms with Crippen LogP contribution in [0.3, 0.4) is 0 Å². The first-order valence-electron chi connectivity index (χ1n) is 6.38. The highest BCUT2D eigenvalue weighted by Crippen LogP contribution is 2.35. The van der Waals surface area contributed by atoms with E-state index in [9.17, 15) is 5.26 Å². The zero-order chi connectivity index (χ0) is 14.5. The summed E-state index contributed by atoms with van der Waals surface area (Å²) >= 11 is 3.56. The van der Waals surface area contributed by atoms with Crippen molar-refractivity contribution in [3.8, 4) is 17.3 Å². The van der Waals surface area contributed by atoms with Gasteiger partial charge in [-0.1, -0.05) is 0 Å². The third kappa shape index (κ3) is 2.77. The molecule has 0 fully saturated rings. The lowest BCUT2D eigenvalue weighted by atomic mass is 10.2. The number of hydrogen-bond donors (Lipinski definition) is 0. The van der Waals surface area contributed by atoms with Gasteiger partial charge in [0.2, 0.25) is 0 Å². The van der Waals surface area contributed by atoms with Crippen molar-refractivity contribution in [2.75, 3.05) is 13.7 Å². The molecule has 0 aromatic carbocycles. The normalized spacial score (nSPS) is 10.5. The quantitative estimate of drug-likeness (QED) is 0.786. The zero-order valence-corrected chi connectivity index (χ0v) is 13.1. The molecular weight excluding hydrogens is 318 g/mol. The molecule has 0 spiro atoms. The van der Waals surface area contributed by atoms with Crippen LogP contribution in [0.5, 0.6) is 0 Å². The fourth-order valence-electron chi connectivity index (χ4n) is 2.27. The largest absolute Gasteiger partial charge is 0.385 e. The summed E-state index contributed by atoms with van der Waals surface area (Å²) in [6.45, 7) is 3.49. The van der Waals surface area contributed by atoms with Gasteiger partial charge in [0.25, 0.3) is 0 Å². The molecule has 104 valence electrons. The smallest absolute Gasteiger partial charge is 0.102 e. The Morgan fingerprint density at radius 1 is 1.40 bits per heavy atom. The van der Waals surface area contributed by atoms with Gasteiger partial charge in [0.1, 0.15) is 6.07 Å². The Hall–Kier alpha value is -1.64. The molecule has 2 aromatic heterocycles. The SMILES string of the molecule is COCCCn1c(C)c(C#N)c(Br)c1-c1ccncc1. The van der Waals surface area contributed by atoms with E-state index >= 15 is 0 Å². The van der Waals surface area contributed by atoms with Gasteiger partial charge in [-0.05, 0) is 41.4 Å². The van der Waals surface area contributed by atoms with Crippen LogP contribution in [0.1, 0.15) is 17.7 Å². The highest BCUT2D eigenvalue weighted by atomic mass is 79.9. The summed E-state index contributed by atoms with van der Waals surface area (Å²) in [4.78, 5) is 4.05. The summed E-state index contributed by atoms with van der Waals surface area (Å²) in [5.74, 6) is 0. The molecule has 0 atom stereocenters. The second-order valence-electron chi connectivity index (χ2n) is 4.47. The number of ether oxygens (including phenoxy) is 1. The van der Waals surface area contributed by atoms with Crippen LogP contribution in [0.4, 0.5) is 0 Å². The summed E-state index contributed by atoms with van der Waals surface area (Å²) in [7, 11) is 1.70. The predicted molar refractivity (Wildman–Crippen MR) is 81.3 cm³/mol. The Balaban J connectivity index is 2.51. The van der Waals surface area contributed by atoms with E-state index < -0.39 is 0 Å². The Bertz CT molecular complexity index is 629. The third-order valence-corrected chi connectivity index (χ3v) is 4.03. The molecule has 0 aliphatic heterocycles. The number of pyridine rings is 1. The van der Waals surface area contributed by atoms with Gasteiger partial charge in [-0.15, -0.1) is 0 Å². The van der Waals surface area contributed by atoms with E-state index in [-0.39, 0.29) is 0 Å². The second-order valence-corrected chi connectivity index (χ2v) is 5.26. The van der Waals surface area contributed by atoms with Crippen LogP contribution in [0, 0.1) is 18.3 Å². The number of halogens is 1. The Morgan fingerprint density at radius 2 is 2.10 bits per heavy atom. The molecule has 2 heterocycles. The third-order valence-electron chi connectivity index (χ3n) is 3.26. The van der Waals surface area contributed by atoms with Crippen LogP contribution in [0.2, 0.25) is 0 Å². The van der Waals surface area contributed by atoms with Crippen molar-refractivity contribution in [3.63, 3.8) is 0 Å². The lowest BCUT2D eigenvalue weighted by Gasteiger charge is -2.11. The number of nitriles is 1. The minimum atomic E-state index is 0.689. The Kier molecular flexibility index (Phi) is 4.94. The second kappa shape index (κ2) is 6.69. The minimum absolute atomic E-state index is 0.689. The van der Waals surface area contributed by atoms with E-state index in [0.717, 1.165) is 34.4 Å². The molecule has 0 aliphatic rings. The van der Waals surface area contributed by atoms with E-state index in [1.807, 2.05) is 19.1 Å². The van der Waals surface area contributed by atoms with Gasteiger partial charge >= 0.3 is 0 Å². The van der Waals surface area contributed by atoms with Crippen molar-refractivity contribution >= 4 is 15.9 Å². The maximum absolute atomic E-state index is 9.33. The number of nitrogens with zero attached hydrogens (tertiary/aromatic N) is 3. The van der Waals surface area contributed by atoms with Gasteiger partial charge in [0.05, 0.1) is 15.7 Å². The van der Waals surface area contributed by atoms with Gasteiger partial charge in [-0.25, -0.2) is 0 Å². The summed E-state index contributed by atoms with van der Waals surface area (Å²) in [5.41, 5.74) is 3.74. The van der Waals surface area contributed by atoms with Crippen molar-refractivity contribution < 1.29 is 4.74 Å². The molecule has 0 aliphatic carbocycles. The summed E-state index contributed by atoms with van der Waals surface area (Å²) < 4.78 is 8.12. The Labute approximate surface area is 127 Å². The van der Waals surface area contributed by atoms with Crippen LogP contribution >= 0.6 is 15.9 Å². The van der Waals surface area contributed by atoms with Crippen molar-refractivity contribution in [1.82, 2.24) is 9.55 Å². The molecule has 0 N–H and O–H groups in total. The van der Waals surface area contributed by atoms with E-state index in [2.05, 4.69) is 31.6 Å². The Morgan fingerprint density at radius 3 is 2.70 bits per heavy atom. The topological polar surface area (TPSA) is 50.8 Å². The summed E-state index contributed by atoms with van der Waals surface area (Å²) in [5, 5.41) is 9.33. The van der Waals surface area contributed by atoms with Crippen LogP contribution < -0.4 is 0 Å². The molecule has 4 nitrogen and oxygen atoms in total. The first-order chi connectivity index (χ1) is 9.70. The van der Waals surface area contributed by atoms with Gasteiger partial charge in [-0.2, -0.15) is 5.26 Å². The first kappa shape index (κ1) is 14.8. The van der Waals surface area contributed by atoms with Crippen LogP contribution in [-0.2, 0) is 11.3 Å². The first-order valence-corrected chi connectivity index (χ1v) is 7.18. The monoisotopic (exact) mass is 333 g/mol. The summed E-state index contributed by atoms with van der Waals surface area (Å²) in [6, 6.07) is 6.17. The van der Waals surface area contributed by atoms with Crippen molar-refractivity contribution in [3.05, 3.63) is 40.3 Å². The fourth-order valence-corrected chi connectivity index (χ4v) is 3.09. The molecule has 2 aromatic rings. The predicted octanol–water partition coefficient (Wildman–Crippen LogP) is 3.53. The zero-order valence-electron chi connectivity index (χ0n) is 11.6. The van der Waals surface area contributed by atoms with E-state index in [0.29, 0.717) is 12.2 Å². The standard InChI is InChI=1S/C15H16BrN3O/c1-11-13(10-17)14(16)15(12-4-6-18-7-5-12)19(11)8-3-9-20-2/h4-7H,3,8-9H2,1-2H3. The van der Waals surface area contributed by atoms with Crippen LogP contribution in [-0.4, -0.2) is 23.3 Å². The summed E-state index contributed by atoms with van der Waals surface area (Å²) in [6.07, 6.45) is 4.42. The lowest BCUT2D eigenvalue weighted by Crippen LogP contribution is -2.05. The molecule has 0 radical (unpaired) electrons. The number of rotatable bonds is 5. The average molecular weight is 334 g/mol. The minimum Gasteiger partial charge on any atom is -0.385 e. The average Bonchev–Trinajstić information content (AvgIpc) is 2.71. The van der Waals surface area contributed by atoms with Crippen molar-refractivity contribution in [2.24, 2.45) is 0 Å². The van der Waals surface area contributed by atoms with Crippen molar-refractivity contribution in [2.45, 2.75) is 19.9 Å². The lowest BCUT2D eigenvalue weighted by molar-refractivity contribution is 0.190. The maximum Gasteiger partial charge on any atom is 0.102 e. The number of aromatic nitrogens is 2. The fraction of sp³-hybridized carbons (Fsp3) is 0.333. The number of hydrogen-bond acceptors (Lipinski definition) is 3. The van der Waals surface area contributed by atoms with Gasteiger partial charge in [0.15, 0.2) is 0 Å². The van der Waals surface area contributed by atoms with E-state index in [4.69, 9.17) is 4.74 Å². The van der Waals surface area contributed by atoms with E-state index in [1.165, 1.54) is 0 Å². The van der Waals surface area contributed by atoms with Gasteiger partial charge < -0.3 is 9.30 Å². The molecule has 0 saturated heterocycles. The molecule has 5 heteroatoms. The molecule has 20 heavy (non-hydrogen) atoms. The molecular formula is C15H16BrN3O. The van der Waals surface area contributed by atoms with Crippen molar-refractivity contribution in [1.29, 1.82) is 5.26 Å². The van der Waals surface area contributed by atoms with Crippen LogP contribution in [0.25, 0.3) is 11.3 Å². The van der Waals surface area contributed by atoms with E-state index in [1.54, 1.807) is 19.5 Å². The molecule has 2 rings (SSSR count). The molecule has 0 saturated carbocycles. The molecule has 0 bridgehead atoms. The highest BCUT2D eigenvalue weighted by Gasteiger charge is 2.19. The van der Waals surface area contributed by atoms with Crippen LogP contribution in [0.15, 0.2) is 29.0 Å². The van der Waals surface area contributed by atoms with Gasteiger partial charge in [-0.3, -0.25) is 4.98 Å². The molecule has 0 amide bonds. The highest BCUT2D eigenvalue weighted by molar-refractivity contribution is 9.10.